The Hall–Kier alpha value is -0.980. The van der Waals surface area contributed by atoms with Gasteiger partial charge in [0.05, 0.1) is 0 Å². The maximum atomic E-state index is 10.1. The number of hydrogen-bond acceptors (Lipinski definition) is 1. The summed E-state index contributed by atoms with van der Waals surface area (Å²) in [5, 5.41) is 10.1. The summed E-state index contributed by atoms with van der Waals surface area (Å²) < 4.78 is 0. The zero-order chi connectivity index (χ0) is 13.3. The maximum Gasteiger partial charge on any atom is 0.114 e. The second-order valence-electron chi connectivity index (χ2n) is 6.00. The normalized spacial score (nSPS) is 22.1. The summed E-state index contributed by atoms with van der Waals surface area (Å²) in [4.78, 5) is 0. The molecule has 0 saturated heterocycles. The van der Waals surface area contributed by atoms with E-state index in [-0.39, 0.29) is 0 Å². The third kappa shape index (κ3) is 5.26. The van der Waals surface area contributed by atoms with E-state index >= 15 is 0 Å². The van der Waals surface area contributed by atoms with Crippen LogP contribution in [0.4, 0.5) is 0 Å². The Morgan fingerprint density at radius 3 is 1.84 bits per heavy atom. The fourth-order valence-electron chi connectivity index (χ4n) is 3.15. The minimum Gasteiger partial charge on any atom is -0.508 e. The van der Waals surface area contributed by atoms with Crippen LogP contribution in [0.15, 0.2) is 35.1 Å². The monoisotopic (exact) mass is 260 g/mol. The van der Waals surface area contributed by atoms with Crippen molar-refractivity contribution in [2.45, 2.75) is 77.0 Å². The first-order valence-corrected chi connectivity index (χ1v) is 8.13. The van der Waals surface area contributed by atoms with Crippen LogP contribution in [0.25, 0.3) is 0 Å². The molecule has 106 valence electrons. The average Bonchev–Trinajstić information content (AvgIpc) is 2.83. The van der Waals surface area contributed by atoms with Gasteiger partial charge in [-0.05, 0) is 63.0 Å². The van der Waals surface area contributed by atoms with Crippen LogP contribution in [-0.2, 0) is 0 Å². The molecule has 0 heterocycles. The van der Waals surface area contributed by atoms with Crippen LogP contribution in [0.5, 0.6) is 0 Å². The molecule has 2 fully saturated rings. The van der Waals surface area contributed by atoms with Gasteiger partial charge in [0.15, 0.2) is 0 Å². The minimum absolute atomic E-state index is 0.535. The van der Waals surface area contributed by atoms with Crippen molar-refractivity contribution in [3.63, 3.8) is 0 Å². The van der Waals surface area contributed by atoms with Gasteiger partial charge in [-0.3, -0.25) is 0 Å². The third-order valence-corrected chi connectivity index (χ3v) is 4.40. The molecule has 0 amide bonds. The third-order valence-electron chi connectivity index (χ3n) is 4.40. The Labute approximate surface area is 118 Å². The van der Waals surface area contributed by atoms with Crippen molar-refractivity contribution in [1.82, 2.24) is 0 Å². The van der Waals surface area contributed by atoms with E-state index in [0.29, 0.717) is 5.76 Å². The van der Waals surface area contributed by atoms with Crippen LogP contribution >= 0.6 is 0 Å². The van der Waals surface area contributed by atoms with Gasteiger partial charge in [0, 0.05) is 0 Å². The lowest BCUT2D eigenvalue weighted by Gasteiger charge is -2.04. The molecular formula is C18H28O. The molecule has 1 heteroatoms. The summed E-state index contributed by atoms with van der Waals surface area (Å²) in [6, 6.07) is 0. The SMILES string of the molecule is OC(C=CC=C1CCCCCC1)=C1CCCCCC1. The fourth-order valence-corrected chi connectivity index (χ4v) is 3.15. The molecule has 0 aromatic carbocycles. The number of rotatable bonds is 2. The average molecular weight is 260 g/mol. The lowest BCUT2D eigenvalue weighted by atomic mass is 10.1. The van der Waals surface area contributed by atoms with Crippen LogP contribution in [0, 0.1) is 0 Å². The van der Waals surface area contributed by atoms with E-state index in [2.05, 4.69) is 12.2 Å². The highest BCUT2D eigenvalue weighted by atomic mass is 16.3. The Bertz CT molecular complexity index is 340. The summed E-state index contributed by atoms with van der Waals surface area (Å²) in [5.41, 5.74) is 2.83. The van der Waals surface area contributed by atoms with E-state index in [0.717, 1.165) is 12.8 Å². The first kappa shape index (κ1) is 14.4. The Morgan fingerprint density at radius 2 is 1.26 bits per heavy atom. The molecule has 0 radical (unpaired) electrons. The smallest absolute Gasteiger partial charge is 0.114 e. The van der Waals surface area contributed by atoms with Crippen molar-refractivity contribution < 1.29 is 5.11 Å². The highest BCUT2D eigenvalue weighted by molar-refractivity contribution is 5.24. The summed E-state index contributed by atoms with van der Waals surface area (Å²) in [6.07, 6.45) is 21.5. The molecule has 0 bridgehead atoms. The molecule has 2 saturated carbocycles. The first-order chi connectivity index (χ1) is 9.36. The zero-order valence-corrected chi connectivity index (χ0v) is 12.2. The molecule has 2 aliphatic carbocycles. The minimum atomic E-state index is 0.535. The van der Waals surface area contributed by atoms with Gasteiger partial charge in [-0.25, -0.2) is 0 Å². The largest absolute Gasteiger partial charge is 0.508 e. The predicted molar refractivity (Wildman–Crippen MR) is 82.3 cm³/mol. The van der Waals surface area contributed by atoms with Gasteiger partial charge < -0.3 is 5.11 Å². The number of aliphatic hydroxyl groups excluding tert-OH is 1. The molecule has 0 aromatic heterocycles. The van der Waals surface area contributed by atoms with Gasteiger partial charge >= 0.3 is 0 Å². The highest BCUT2D eigenvalue weighted by Gasteiger charge is 2.07. The van der Waals surface area contributed by atoms with Crippen molar-refractivity contribution in [3.8, 4) is 0 Å². The number of aliphatic hydroxyl groups is 1. The van der Waals surface area contributed by atoms with Crippen LogP contribution < -0.4 is 0 Å². The van der Waals surface area contributed by atoms with Crippen molar-refractivity contribution in [3.05, 3.63) is 35.1 Å². The molecule has 0 atom stereocenters. The van der Waals surface area contributed by atoms with Crippen molar-refractivity contribution >= 4 is 0 Å². The molecule has 0 spiro atoms. The zero-order valence-electron chi connectivity index (χ0n) is 12.2. The molecule has 2 aliphatic rings. The summed E-state index contributed by atoms with van der Waals surface area (Å²) in [6.45, 7) is 0. The molecule has 0 unspecified atom stereocenters. The van der Waals surface area contributed by atoms with E-state index in [1.54, 1.807) is 5.57 Å². The standard InChI is InChI=1S/C18H28O/c19-18(17-13-7-3-4-8-14-17)15-9-12-16-10-5-1-2-6-11-16/h9,12,15,19H,1-8,10-11,13-14H2. The second kappa shape index (κ2) is 8.24. The predicted octanol–water partition coefficient (Wildman–Crippen LogP) is 5.99. The van der Waals surface area contributed by atoms with E-state index in [1.165, 1.54) is 69.8 Å². The van der Waals surface area contributed by atoms with Gasteiger partial charge in [-0.1, -0.05) is 43.4 Å². The number of hydrogen-bond donors (Lipinski definition) is 1. The Balaban J connectivity index is 1.92. The van der Waals surface area contributed by atoms with Crippen molar-refractivity contribution in [2.24, 2.45) is 0 Å². The quantitative estimate of drug-likeness (QED) is 0.477. The van der Waals surface area contributed by atoms with Gasteiger partial charge in [0.1, 0.15) is 5.76 Å². The van der Waals surface area contributed by atoms with Crippen LogP contribution in [0.3, 0.4) is 0 Å². The Kier molecular flexibility index (Phi) is 6.26. The topological polar surface area (TPSA) is 20.2 Å². The molecule has 0 aromatic rings. The van der Waals surface area contributed by atoms with E-state index in [1.807, 2.05) is 6.08 Å². The van der Waals surface area contributed by atoms with Gasteiger partial charge in [0.25, 0.3) is 0 Å². The van der Waals surface area contributed by atoms with Gasteiger partial charge in [-0.2, -0.15) is 0 Å². The maximum absolute atomic E-state index is 10.1. The van der Waals surface area contributed by atoms with Crippen LogP contribution in [0.1, 0.15) is 77.0 Å². The van der Waals surface area contributed by atoms with E-state index < -0.39 is 0 Å². The molecule has 19 heavy (non-hydrogen) atoms. The summed E-state index contributed by atoms with van der Waals surface area (Å²) >= 11 is 0. The molecule has 1 N–H and O–H groups in total. The van der Waals surface area contributed by atoms with Gasteiger partial charge in [0.2, 0.25) is 0 Å². The first-order valence-electron chi connectivity index (χ1n) is 8.13. The van der Waals surface area contributed by atoms with Crippen molar-refractivity contribution in [2.75, 3.05) is 0 Å². The number of allylic oxidation sites excluding steroid dienone is 5. The van der Waals surface area contributed by atoms with Crippen LogP contribution in [-0.4, -0.2) is 5.11 Å². The molecule has 2 rings (SSSR count). The second-order valence-corrected chi connectivity index (χ2v) is 6.00. The molecular weight excluding hydrogens is 232 g/mol. The fraction of sp³-hybridized carbons (Fsp3) is 0.667. The lowest BCUT2D eigenvalue weighted by molar-refractivity contribution is 0.419. The van der Waals surface area contributed by atoms with Gasteiger partial charge in [-0.15, -0.1) is 0 Å². The lowest BCUT2D eigenvalue weighted by Crippen LogP contribution is -1.88. The summed E-state index contributed by atoms with van der Waals surface area (Å²) in [5.74, 6) is 0.535. The Morgan fingerprint density at radius 1 is 0.737 bits per heavy atom. The molecule has 1 nitrogen and oxygen atoms in total. The summed E-state index contributed by atoms with van der Waals surface area (Å²) in [7, 11) is 0. The molecule has 0 aliphatic heterocycles. The van der Waals surface area contributed by atoms with E-state index in [9.17, 15) is 5.11 Å². The van der Waals surface area contributed by atoms with Crippen molar-refractivity contribution in [1.29, 1.82) is 0 Å². The highest BCUT2D eigenvalue weighted by Crippen LogP contribution is 2.25. The van der Waals surface area contributed by atoms with E-state index in [4.69, 9.17) is 0 Å². The van der Waals surface area contributed by atoms with Crippen LogP contribution in [0.2, 0.25) is 0 Å².